The summed E-state index contributed by atoms with van der Waals surface area (Å²) in [5, 5.41) is 24.7. The maximum Gasteiger partial charge on any atom is 0.407 e. The molecule has 140 valence electrons. The van der Waals surface area contributed by atoms with E-state index in [1.54, 1.807) is 20.8 Å². The van der Waals surface area contributed by atoms with Gasteiger partial charge in [-0.2, -0.15) is 0 Å². The maximum absolute atomic E-state index is 11.8. The predicted octanol–water partition coefficient (Wildman–Crippen LogP) is -0.637. The number of nitrogens with one attached hydrogen (secondary N) is 3. The molecule has 24 heavy (non-hydrogen) atoms. The van der Waals surface area contributed by atoms with Gasteiger partial charge >= 0.3 is 12.2 Å². The molecule has 0 spiro atoms. The number of aliphatic hydroxyl groups excluding tert-OH is 1. The fraction of sp³-hybridized carbons (Fsp3) is 0.786. The molecule has 0 heterocycles. The average Bonchev–Trinajstić information content (AvgIpc) is 2.45. The second-order valence-electron chi connectivity index (χ2n) is 6.25. The summed E-state index contributed by atoms with van der Waals surface area (Å²) in [5.74, 6) is -0.544. The van der Waals surface area contributed by atoms with E-state index >= 15 is 0 Å². The molecule has 0 aliphatic carbocycles. The van der Waals surface area contributed by atoms with Crippen LogP contribution in [0.2, 0.25) is 0 Å². The van der Waals surface area contributed by atoms with Crippen LogP contribution in [0.5, 0.6) is 0 Å². The molecule has 0 saturated heterocycles. The first kappa shape index (κ1) is 21.9. The molecule has 10 nitrogen and oxygen atoms in total. The Kier molecular flexibility index (Phi) is 9.74. The number of amides is 3. The van der Waals surface area contributed by atoms with Gasteiger partial charge in [-0.15, -0.1) is 0 Å². The van der Waals surface area contributed by atoms with Crippen LogP contribution in [-0.2, 0) is 9.53 Å². The minimum absolute atomic E-state index is 0.0822. The summed E-state index contributed by atoms with van der Waals surface area (Å²) in [5.41, 5.74) is 4.73. The van der Waals surface area contributed by atoms with Gasteiger partial charge in [-0.05, 0) is 33.6 Å². The molecule has 7 N–H and O–H groups in total. The number of alkyl carbamates (subject to hydrolysis) is 1. The normalized spacial score (nSPS) is 13.5. The quantitative estimate of drug-likeness (QED) is 0.302. The maximum atomic E-state index is 11.8. The summed E-state index contributed by atoms with van der Waals surface area (Å²) in [6.07, 6.45) is -0.906. The average molecular weight is 348 g/mol. The van der Waals surface area contributed by atoms with Gasteiger partial charge in [-0.1, -0.05) is 0 Å². The second-order valence-corrected chi connectivity index (χ2v) is 6.25. The Morgan fingerprint density at radius 3 is 2.33 bits per heavy atom. The minimum atomic E-state index is -1.13. The highest BCUT2D eigenvalue weighted by Gasteiger charge is 2.20. The molecule has 0 aromatic carbocycles. The van der Waals surface area contributed by atoms with E-state index in [2.05, 4.69) is 16.0 Å². The topological polar surface area (TPSA) is 163 Å². The van der Waals surface area contributed by atoms with Crippen molar-refractivity contribution < 1.29 is 29.3 Å². The lowest BCUT2D eigenvalue weighted by Gasteiger charge is -2.24. The summed E-state index contributed by atoms with van der Waals surface area (Å²) in [4.78, 5) is 33.8. The first-order chi connectivity index (χ1) is 11.0. The standard InChI is InChI=1S/C14H28N4O6/c1-14(2,3)24-13(23)18-9(5-4-6-16-12(21)22)7-17-11(20)10(15)8-19/h9-10,16,19H,4-8,15H2,1-3H3,(H,17,20)(H,18,23)(H,21,22)/t9-,10-/m0/s1. The molecule has 0 rings (SSSR count). The minimum Gasteiger partial charge on any atom is -0.465 e. The summed E-state index contributed by atoms with van der Waals surface area (Å²) >= 11 is 0. The Balaban J connectivity index is 4.50. The van der Waals surface area contributed by atoms with E-state index in [4.69, 9.17) is 20.7 Å². The predicted molar refractivity (Wildman–Crippen MR) is 86.5 cm³/mol. The summed E-state index contributed by atoms with van der Waals surface area (Å²) < 4.78 is 5.15. The van der Waals surface area contributed by atoms with Crippen molar-refractivity contribution >= 4 is 18.1 Å². The Bertz CT molecular complexity index is 424. The molecule has 10 heteroatoms. The Morgan fingerprint density at radius 1 is 1.21 bits per heavy atom. The monoisotopic (exact) mass is 348 g/mol. The van der Waals surface area contributed by atoms with Crippen LogP contribution in [0.3, 0.4) is 0 Å². The van der Waals surface area contributed by atoms with Crippen molar-refractivity contribution in [1.29, 1.82) is 0 Å². The molecule has 0 aromatic rings. The number of hydrogen-bond acceptors (Lipinski definition) is 6. The third kappa shape index (κ3) is 11.5. The van der Waals surface area contributed by atoms with Crippen LogP contribution in [0.1, 0.15) is 33.6 Å². The van der Waals surface area contributed by atoms with Gasteiger partial charge in [0.2, 0.25) is 5.91 Å². The van der Waals surface area contributed by atoms with Crippen LogP contribution >= 0.6 is 0 Å². The number of hydrogen-bond donors (Lipinski definition) is 6. The third-order valence-electron chi connectivity index (χ3n) is 2.78. The number of nitrogens with two attached hydrogens (primary N) is 1. The van der Waals surface area contributed by atoms with Crippen LogP contribution in [0.25, 0.3) is 0 Å². The zero-order valence-electron chi connectivity index (χ0n) is 14.3. The van der Waals surface area contributed by atoms with Gasteiger partial charge in [0, 0.05) is 19.1 Å². The van der Waals surface area contributed by atoms with E-state index in [0.29, 0.717) is 12.8 Å². The van der Waals surface area contributed by atoms with Crippen molar-refractivity contribution in [3.05, 3.63) is 0 Å². The number of aliphatic hydroxyl groups is 1. The van der Waals surface area contributed by atoms with Crippen molar-refractivity contribution in [3.63, 3.8) is 0 Å². The summed E-state index contributed by atoms with van der Waals surface area (Å²) in [6.45, 7) is 4.98. The van der Waals surface area contributed by atoms with Crippen molar-refractivity contribution in [2.75, 3.05) is 19.7 Å². The SMILES string of the molecule is CC(C)(C)OC(=O)N[C@@H](CCCNC(=O)O)CNC(=O)[C@@H](N)CO. The van der Waals surface area contributed by atoms with E-state index in [1.807, 2.05) is 0 Å². The second kappa shape index (κ2) is 10.7. The van der Waals surface area contributed by atoms with Crippen LogP contribution in [0.4, 0.5) is 9.59 Å². The lowest BCUT2D eigenvalue weighted by Crippen LogP contribution is -2.50. The molecule has 0 radical (unpaired) electrons. The summed E-state index contributed by atoms with van der Waals surface area (Å²) in [7, 11) is 0. The lowest BCUT2D eigenvalue weighted by molar-refractivity contribution is -0.123. The van der Waals surface area contributed by atoms with Crippen LogP contribution < -0.4 is 21.7 Å². The van der Waals surface area contributed by atoms with Gasteiger partial charge in [0.05, 0.1) is 6.61 Å². The molecule has 0 aliphatic rings. The lowest BCUT2D eigenvalue weighted by atomic mass is 10.1. The smallest absolute Gasteiger partial charge is 0.407 e. The van der Waals surface area contributed by atoms with Gasteiger partial charge in [0.1, 0.15) is 11.6 Å². The van der Waals surface area contributed by atoms with Crippen molar-refractivity contribution in [1.82, 2.24) is 16.0 Å². The molecule has 0 aliphatic heterocycles. The number of carbonyl (C=O) groups excluding carboxylic acids is 2. The highest BCUT2D eigenvalue weighted by atomic mass is 16.6. The van der Waals surface area contributed by atoms with Gasteiger partial charge in [-0.3, -0.25) is 4.79 Å². The third-order valence-corrected chi connectivity index (χ3v) is 2.78. The Labute approximate surface area is 141 Å². The zero-order valence-corrected chi connectivity index (χ0v) is 14.3. The largest absolute Gasteiger partial charge is 0.465 e. The molecule has 0 bridgehead atoms. The highest BCUT2D eigenvalue weighted by molar-refractivity contribution is 5.81. The van der Waals surface area contributed by atoms with Gasteiger partial charge in [-0.25, -0.2) is 9.59 Å². The fourth-order valence-electron chi connectivity index (χ4n) is 1.68. The zero-order chi connectivity index (χ0) is 18.8. The number of carbonyl (C=O) groups is 3. The molecule has 0 fully saturated rings. The van der Waals surface area contributed by atoms with Crippen molar-refractivity contribution in [2.24, 2.45) is 5.73 Å². The molecule has 0 aromatic heterocycles. The van der Waals surface area contributed by atoms with Gasteiger partial charge in [0.25, 0.3) is 0 Å². The number of carboxylic acid groups (broad SMARTS) is 1. The Morgan fingerprint density at radius 2 is 1.83 bits per heavy atom. The van der Waals surface area contributed by atoms with Crippen LogP contribution in [-0.4, -0.2) is 65.7 Å². The highest BCUT2D eigenvalue weighted by Crippen LogP contribution is 2.07. The van der Waals surface area contributed by atoms with Crippen LogP contribution in [0.15, 0.2) is 0 Å². The van der Waals surface area contributed by atoms with Gasteiger partial charge < -0.3 is 36.6 Å². The first-order valence-corrected chi connectivity index (χ1v) is 7.65. The molecular weight excluding hydrogens is 320 g/mol. The number of rotatable bonds is 9. The van der Waals surface area contributed by atoms with E-state index in [0.717, 1.165) is 0 Å². The summed E-state index contributed by atoms with van der Waals surface area (Å²) in [6, 6.07) is -1.51. The Hall–Kier alpha value is -2.07. The molecular formula is C14H28N4O6. The van der Waals surface area contributed by atoms with Crippen molar-refractivity contribution in [3.8, 4) is 0 Å². The van der Waals surface area contributed by atoms with Crippen LogP contribution in [0, 0.1) is 0 Å². The van der Waals surface area contributed by atoms with E-state index in [-0.39, 0.29) is 13.1 Å². The van der Waals surface area contributed by atoms with E-state index in [1.165, 1.54) is 0 Å². The van der Waals surface area contributed by atoms with E-state index in [9.17, 15) is 14.4 Å². The molecule has 3 amide bonds. The molecule has 0 saturated carbocycles. The van der Waals surface area contributed by atoms with Gasteiger partial charge in [0.15, 0.2) is 0 Å². The first-order valence-electron chi connectivity index (χ1n) is 7.65. The molecule has 0 unspecified atom stereocenters. The molecule has 2 atom stereocenters. The van der Waals surface area contributed by atoms with E-state index < -0.39 is 42.4 Å². The number of ether oxygens (including phenoxy) is 1. The fourth-order valence-corrected chi connectivity index (χ4v) is 1.68. The van der Waals surface area contributed by atoms with Crippen molar-refractivity contribution in [2.45, 2.75) is 51.3 Å².